The number of ether oxygens (including phenoxy) is 1. The second-order valence-corrected chi connectivity index (χ2v) is 12.6. The standard InChI is InChI=1S/C28H35IO3/c1-17(30)23-9-10-24-22-8-7-19-16-21(32-26(31)18-5-4-6-20(29)15-18)11-13-27(19,2)25(22)12-14-28(23,24)3/h4-7,15,21-25H,8-14,16H2,1-3H3/t21-,22+,23+,24-,25-,27+,28-/m1/s1. The first-order valence-electron chi connectivity index (χ1n) is 12.4. The van der Waals surface area contributed by atoms with E-state index in [4.69, 9.17) is 4.74 Å². The Kier molecular flexibility index (Phi) is 5.83. The Morgan fingerprint density at radius 1 is 1.06 bits per heavy atom. The molecule has 3 saturated carbocycles. The van der Waals surface area contributed by atoms with E-state index in [1.807, 2.05) is 31.2 Å². The molecule has 5 rings (SSSR count). The van der Waals surface area contributed by atoms with Crippen molar-refractivity contribution in [3.8, 4) is 0 Å². The number of fused-ring (bicyclic) bond motifs is 5. The van der Waals surface area contributed by atoms with Crippen LogP contribution in [0.5, 0.6) is 0 Å². The fourth-order valence-electron chi connectivity index (χ4n) is 8.23. The van der Waals surface area contributed by atoms with E-state index in [9.17, 15) is 9.59 Å². The van der Waals surface area contributed by atoms with Crippen LogP contribution in [0.15, 0.2) is 35.9 Å². The fourth-order valence-corrected chi connectivity index (χ4v) is 8.77. The molecule has 0 aromatic heterocycles. The van der Waals surface area contributed by atoms with Gasteiger partial charge in [0, 0.05) is 15.9 Å². The van der Waals surface area contributed by atoms with Crippen LogP contribution in [0.25, 0.3) is 0 Å². The predicted octanol–water partition coefficient (Wildman–Crippen LogP) is 6.98. The van der Waals surface area contributed by atoms with Gasteiger partial charge in [0.05, 0.1) is 5.56 Å². The highest BCUT2D eigenvalue weighted by Gasteiger charge is 2.59. The lowest BCUT2D eigenvalue weighted by Crippen LogP contribution is -2.51. The average molecular weight is 546 g/mol. The van der Waals surface area contributed by atoms with E-state index in [1.54, 1.807) is 0 Å². The molecule has 32 heavy (non-hydrogen) atoms. The van der Waals surface area contributed by atoms with Gasteiger partial charge < -0.3 is 4.74 Å². The second-order valence-electron chi connectivity index (χ2n) is 11.3. The summed E-state index contributed by atoms with van der Waals surface area (Å²) in [6.07, 6.45) is 11.3. The zero-order chi connectivity index (χ0) is 22.7. The van der Waals surface area contributed by atoms with Gasteiger partial charge in [-0.05, 0) is 121 Å². The van der Waals surface area contributed by atoms with Gasteiger partial charge in [-0.3, -0.25) is 4.79 Å². The van der Waals surface area contributed by atoms with Crippen molar-refractivity contribution in [2.45, 2.75) is 78.2 Å². The van der Waals surface area contributed by atoms with E-state index in [0.717, 1.165) is 35.7 Å². The van der Waals surface area contributed by atoms with E-state index in [0.29, 0.717) is 29.1 Å². The summed E-state index contributed by atoms with van der Waals surface area (Å²) in [5, 5.41) is 0. The van der Waals surface area contributed by atoms with E-state index in [2.05, 4.69) is 42.5 Å². The number of hydrogen-bond acceptors (Lipinski definition) is 3. The Hall–Kier alpha value is -1.17. The molecule has 0 radical (unpaired) electrons. The number of Topliss-reactive ketones (excluding diaryl/α,β-unsaturated/α-hetero) is 1. The van der Waals surface area contributed by atoms with E-state index >= 15 is 0 Å². The number of halogens is 1. The van der Waals surface area contributed by atoms with Crippen LogP contribution in [0, 0.1) is 38.1 Å². The smallest absolute Gasteiger partial charge is 0.338 e. The molecule has 0 aliphatic heterocycles. The van der Waals surface area contributed by atoms with E-state index < -0.39 is 0 Å². The molecule has 4 aliphatic rings. The Balaban J connectivity index is 1.32. The van der Waals surface area contributed by atoms with Gasteiger partial charge >= 0.3 is 5.97 Å². The van der Waals surface area contributed by atoms with Crippen LogP contribution in [-0.4, -0.2) is 17.9 Å². The molecule has 0 bridgehead atoms. The van der Waals surface area contributed by atoms with Gasteiger partial charge in [0.2, 0.25) is 0 Å². The Labute approximate surface area is 205 Å². The van der Waals surface area contributed by atoms with Gasteiger partial charge in [-0.25, -0.2) is 4.79 Å². The SMILES string of the molecule is CC(=O)[C@@H]1CC[C@@H]2[C@@H]3CC=C4C[C@H](OC(=O)c5cccc(I)c5)CC[C@]4(C)[C@@H]3CC[C@@]21C. The molecule has 1 aromatic carbocycles. The molecular weight excluding hydrogens is 511 g/mol. The normalized spacial score (nSPS) is 40.5. The van der Waals surface area contributed by atoms with Gasteiger partial charge in [0.1, 0.15) is 11.9 Å². The van der Waals surface area contributed by atoms with Crippen molar-refractivity contribution in [2.24, 2.45) is 34.5 Å². The number of allylic oxidation sites excluding steroid dienone is 1. The van der Waals surface area contributed by atoms with Crippen LogP contribution in [0.1, 0.15) is 82.5 Å². The third-order valence-corrected chi connectivity index (χ3v) is 10.6. The fraction of sp³-hybridized carbons (Fsp3) is 0.643. The summed E-state index contributed by atoms with van der Waals surface area (Å²) in [5.74, 6) is 2.57. The number of hydrogen-bond donors (Lipinski definition) is 0. The topological polar surface area (TPSA) is 43.4 Å². The van der Waals surface area contributed by atoms with Gasteiger partial charge in [-0.1, -0.05) is 31.6 Å². The van der Waals surface area contributed by atoms with Crippen LogP contribution in [0.2, 0.25) is 0 Å². The summed E-state index contributed by atoms with van der Waals surface area (Å²) in [4.78, 5) is 25.1. The third kappa shape index (κ3) is 3.59. The molecule has 1 aromatic rings. The van der Waals surface area contributed by atoms with Crippen molar-refractivity contribution in [1.82, 2.24) is 0 Å². The lowest BCUT2D eigenvalue weighted by Gasteiger charge is -2.58. The van der Waals surface area contributed by atoms with Gasteiger partial charge in [-0.15, -0.1) is 0 Å². The van der Waals surface area contributed by atoms with Crippen molar-refractivity contribution in [1.29, 1.82) is 0 Å². The van der Waals surface area contributed by atoms with Gasteiger partial charge in [-0.2, -0.15) is 0 Å². The number of esters is 1. The Morgan fingerprint density at radius 3 is 2.62 bits per heavy atom. The zero-order valence-electron chi connectivity index (χ0n) is 19.5. The Bertz CT molecular complexity index is 967. The number of benzene rings is 1. The molecule has 0 amide bonds. The second kappa shape index (κ2) is 8.25. The summed E-state index contributed by atoms with van der Waals surface area (Å²) < 4.78 is 7.02. The maximum Gasteiger partial charge on any atom is 0.338 e. The molecule has 4 heteroatoms. The number of carbonyl (C=O) groups is 2. The first-order valence-corrected chi connectivity index (χ1v) is 13.5. The minimum Gasteiger partial charge on any atom is -0.458 e. The van der Waals surface area contributed by atoms with Gasteiger partial charge in [0.15, 0.2) is 0 Å². The van der Waals surface area contributed by atoms with Crippen molar-refractivity contribution in [3.05, 3.63) is 45.0 Å². The largest absolute Gasteiger partial charge is 0.458 e. The monoisotopic (exact) mass is 546 g/mol. The minimum atomic E-state index is -0.193. The maximum absolute atomic E-state index is 12.7. The van der Waals surface area contributed by atoms with Crippen molar-refractivity contribution >= 4 is 34.3 Å². The number of ketones is 1. The van der Waals surface area contributed by atoms with E-state index in [-0.39, 0.29) is 28.8 Å². The molecule has 3 nitrogen and oxygen atoms in total. The predicted molar refractivity (Wildman–Crippen MR) is 134 cm³/mol. The number of carbonyl (C=O) groups excluding carboxylic acids is 2. The molecule has 0 unspecified atom stereocenters. The number of rotatable bonds is 3. The van der Waals surface area contributed by atoms with Crippen molar-refractivity contribution in [3.63, 3.8) is 0 Å². The molecule has 0 heterocycles. The zero-order valence-corrected chi connectivity index (χ0v) is 21.7. The average Bonchev–Trinajstić information content (AvgIpc) is 3.11. The van der Waals surface area contributed by atoms with Crippen LogP contribution in [0.3, 0.4) is 0 Å². The Morgan fingerprint density at radius 2 is 1.88 bits per heavy atom. The molecule has 172 valence electrons. The first-order chi connectivity index (χ1) is 15.2. The lowest BCUT2D eigenvalue weighted by molar-refractivity contribution is -0.127. The highest BCUT2D eigenvalue weighted by Crippen LogP contribution is 2.66. The summed E-state index contributed by atoms with van der Waals surface area (Å²) in [5.41, 5.74) is 2.60. The van der Waals surface area contributed by atoms with Crippen LogP contribution < -0.4 is 0 Å². The van der Waals surface area contributed by atoms with Gasteiger partial charge in [0.25, 0.3) is 0 Å². The highest BCUT2D eigenvalue weighted by atomic mass is 127. The quantitative estimate of drug-likeness (QED) is 0.233. The van der Waals surface area contributed by atoms with Crippen LogP contribution in [0.4, 0.5) is 0 Å². The lowest BCUT2D eigenvalue weighted by atomic mass is 9.47. The van der Waals surface area contributed by atoms with E-state index in [1.165, 1.54) is 24.8 Å². The minimum absolute atomic E-state index is 0.0151. The van der Waals surface area contributed by atoms with Crippen molar-refractivity contribution < 1.29 is 14.3 Å². The molecule has 0 N–H and O–H groups in total. The molecular formula is C28H35IO3. The van der Waals surface area contributed by atoms with Crippen LogP contribution >= 0.6 is 22.6 Å². The summed E-state index contributed by atoms with van der Waals surface area (Å²) in [6.45, 7) is 6.70. The maximum atomic E-state index is 12.7. The third-order valence-electron chi connectivity index (χ3n) is 9.88. The molecule has 7 atom stereocenters. The summed E-state index contributed by atoms with van der Waals surface area (Å²) in [7, 11) is 0. The summed E-state index contributed by atoms with van der Waals surface area (Å²) >= 11 is 2.23. The molecule has 0 saturated heterocycles. The highest BCUT2D eigenvalue weighted by molar-refractivity contribution is 14.1. The first kappa shape index (κ1) is 22.6. The molecule has 3 fully saturated rings. The van der Waals surface area contributed by atoms with Crippen molar-refractivity contribution in [2.75, 3.05) is 0 Å². The molecule has 4 aliphatic carbocycles. The summed E-state index contributed by atoms with van der Waals surface area (Å²) in [6, 6.07) is 7.65. The van der Waals surface area contributed by atoms with Crippen LogP contribution in [-0.2, 0) is 9.53 Å². The molecule has 0 spiro atoms.